The summed E-state index contributed by atoms with van der Waals surface area (Å²) in [5.41, 5.74) is 2.26. The van der Waals surface area contributed by atoms with E-state index in [0.29, 0.717) is 0 Å². The SMILES string of the molecule is Cc1c(NCc2cc(Br)cs2)cnn1C. The average Bonchev–Trinajstić information content (AvgIpc) is 2.74. The fourth-order valence-corrected chi connectivity index (χ4v) is 2.69. The second-order valence-electron chi connectivity index (χ2n) is 3.35. The topological polar surface area (TPSA) is 29.9 Å². The van der Waals surface area contributed by atoms with Gasteiger partial charge in [0.25, 0.3) is 0 Å². The van der Waals surface area contributed by atoms with Gasteiger partial charge in [-0.3, -0.25) is 4.68 Å². The molecule has 0 amide bonds. The van der Waals surface area contributed by atoms with E-state index in [2.05, 4.69) is 44.7 Å². The summed E-state index contributed by atoms with van der Waals surface area (Å²) in [5, 5.41) is 9.64. The second kappa shape index (κ2) is 4.37. The molecule has 0 radical (unpaired) electrons. The zero-order chi connectivity index (χ0) is 10.8. The first-order valence-electron chi connectivity index (χ1n) is 4.62. The molecule has 2 heterocycles. The van der Waals surface area contributed by atoms with Crippen LogP contribution >= 0.6 is 27.3 Å². The van der Waals surface area contributed by atoms with Crippen LogP contribution in [0.4, 0.5) is 5.69 Å². The van der Waals surface area contributed by atoms with Gasteiger partial charge in [-0.15, -0.1) is 11.3 Å². The second-order valence-corrected chi connectivity index (χ2v) is 5.26. The van der Waals surface area contributed by atoms with Gasteiger partial charge in [-0.05, 0) is 28.9 Å². The van der Waals surface area contributed by atoms with Crippen LogP contribution in [0, 0.1) is 6.92 Å². The molecule has 0 atom stereocenters. The van der Waals surface area contributed by atoms with E-state index in [4.69, 9.17) is 0 Å². The van der Waals surface area contributed by atoms with E-state index in [1.165, 1.54) is 4.88 Å². The maximum absolute atomic E-state index is 4.18. The number of halogens is 1. The highest BCUT2D eigenvalue weighted by molar-refractivity contribution is 9.10. The van der Waals surface area contributed by atoms with Gasteiger partial charge < -0.3 is 5.32 Å². The van der Waals surface area contributed by atoms with Gasteiger partial charge in [-0.2, -0.15) is 5.10 Å². The van der Waals surface area contributed by atoms with Crippen molar-refractivity contribution >= 4 is 33.0 Å². The third-order valence-corrected chi connectivity index (χ3v) is 4.01. The van der Waals surface area contributed by atoms with Crippen molar-refractivity contribution in [3.63, 3.8) is 0 Å². The molecule has 0 aliphatic carbocycles. The molecule has 0 unspecified atom stereocenters. The van der Waals surface area contributed by atoms with Crippen molar-refractivity contribution in [3.8, 4) is 0 Å². The molecular formula is C10H12BrN3S. The number of hydrogen-bond acceptors (Lipinski definition) is 3. The number of nitrogens with one attached hydrogen (secondary N) is 1. The van der Waals surface area contributed by atoms with E-state index in [-0.39, 0.29) is 0 Å². The number of aromatic nitrogens is 2. The quantitative estimate of drug-likeness (QED) is 0.939. The molecule has 2 rings (SSSR count). The van der Waals surface area contributed by atoms with E-state index >= 15 is 0 Å². The van der Waals surface area contributed by atoms with Crippen molar-refractivity contribution in [2.75, 3.05) is 5.32 Å². The summed E-state index contributed by atoms with van der Waals surface area (Å²) in [4.78, 5) is 1.31. The lowest BCUT2D eigenvalue weighted by Crippen LogP contribution is -1.99. The number of anilines is 1. The first kappa shape index (κ1) is 10.7. The molecule has 0 saturated heterocycles. The highest BCUT2D eigenvalue weighted by Crippen LogP contribution is 2.21. The molecule has 0 aromatic carbocycles. The molecule has 0 aliphatic rings. The minimum absolute atomic E-state index is 0.850. The van der Waals surface area contributed by atoms with Crippen molar-refractivity contribution in [2.45, 2.75) is 13.5 Å². The van der Waals surface area contributed by atoms with Crippen LogP contribution in [0.15, 0.2) is 22.1 Å². The Balaban J connectivity index is 2.02. The molecule has 0 aliphatic heterocycles. The van der Waals surface area contributed by atoms with E-state index < -0.39 is 0 Å². The molecule has 80 valence electrons. The average molecular weight is 286 g/mol. The molecule has 15 heavy (non-hydrogen) atoms. The molecule has 5 heteroatoms. The van der Waals surface area contributed by atoms with Crippen molar-refractivity contribution in [1.82, 2.24) is 9.78 Å². The lowest BCUT2D eigenvalue weighted by atomic mass is 10.4. The van der Waals surface area contributed by atoms with Crippen LogP contribution in [-0.2, 0) is 13.6 Å². The highest BCUT2D eigenvalue weighted by Gasteiger charge is 2.03. The van der Waals surface area contributed by atoms with E-state index in [0.717, 1.165) is 22.4 Å². The molecule has 0 spiro atoms. The number of rotatable bonds is 3. The van der Waals surface area contributed by atoms with E-state index in [1.807, 2.05) is 17.9 Å². The maximum Gasteiger partial charge on any atom is 0.0759 e. The standard InChI is InChI=1S/C10H12BrN3S/c1-7-10(5-13-14(7)2)12-4-9-3-8(11)6-15-9/h3,5-6,12H,4H2,1-2H3. The van der Waals surface area contributed by atoms with Crippen LogP contribution in [0.3, 0.4) is 0 Å². The van der Waals surface area contributed by atoms with Gasteiger partial charge in [0.1, 0.15) is 0 Å². The summed E-state index contributed by atoms with van der Waals surface area (Å²) >= 11 is 5.19. The van der Waals surface area contributed by atoms with Gasteiger partial charge in [0.15, 0.2) is 0 Å². The zero-order valence-electron chi connectivity index (χ0n) is 8.62. The minimum atomic E-state index is 0.850. The Morgan fingerprint density at radius 3 is 2.93 bits per heavy atom. The maximum atomic E-state index is 4.18. The van der Waals surface area contributed by atoms with E-state index in [1.54, 1.807) is 11.3 Å². The molecule has 3 nitrogen and oxygen atoms in total. The number of hydrogen-bond donors (Lipinski definition) is 1. The molecule has 0 saturated carbocycles. The third-order valence-electron chi connectivity index (χ3n) is 2.31. The summed E-state index contributed by atoms with van der Waals surface area (Å²) in [5.74, 6) is 0. The molecule has 1 N–H and O–H groups in total. The van der Waals surface area contributed by atoms with Crippen LogP contribution < -0.4 is 5.32 Å². The summed E-state index contributed by atoms with van der Waals surface area (Å²) < 4.78 is 3.01. The molecular weight excluding hydrogens is 274 g/mol. The van der Waals surface area contributed by atoms with Gasteiger partial charge in [-0.1, -0.05) is 0 Å². The van der Waals surface area contributed by atoms with E-state index in [9.17, 15) is 0 Å². The first-order chi connectivity index (χ1) is 7.16. The number of aryl methyl sites for hydroxylation is 1. The van der Waals surface area contributed by atoms with Gasteiger partial charge in [-0.25, -0.2) is 0 Å². The van der Waals surface area contributed by atoms with Crippen LogP contribution in [0.1, 0.15) is 10.6 Å². The van der Waals surface area contributed by atoms with Crippen LogP contribution in [0.25, 0.3) is 0 Å². The van der Waals surface area contributed by atoms with Crippen molar-refractivity contribution in [3.05, 3.63) is 32.7 Å². The van der Waals surface area contributed by atoms with Crippen molar-refractivity contribution in [1.29, 1.82) is 0 Å². The lowest BCUT2D eigenvalue weighted by molar-refractivity contribution is 0.740. The fourth-order valence-electron chi connectivity index (χ4n) is 1.30. The van der Waals surface area contributed by atoms with Crippen molar-refractivity contribution in [2.24, 2.45) is 7.05 Å². The fraction of sp³-hybridized carbons (Fsp3) is 0.300. The minimum Gasteiger partial charge on any atom is -0.377 e. The van der Waals surface area contributed by atoms with Crippen molar-refractivity contribution < 1.29 is 0 Å². The Morgan fingerprint density at radius 1 is 1.60 bits per heavy atom. The molecule has 0 bridgehead atoms. The first-order valence-corrected chi connectivity index (χ1v) is 6.29. The molecule has 0 fully saturated rings. The van der Waals surface area contributed by atoms with Gasteiger partial charge >= 0.3 is 0 Å². The van der Waals surface area contributed by atoms with Gasteiger partial charge in [0.2, 0.25) is 0 Å². The Morgan fingerprint density at radius 2 is 2.40 bits per heavy atom. The summed E-state index contributed by atoms with van der Waals surface area (Å²) in [6, 6.07) is 2.13. The Labute approximate surface area is 101 Å². The molecule has 2 aromatic rings. The predicted molar refractivity (Wildman–Crippen MR) is 67.3 cm³/mol. The summed E-state index contributed by atoms with van der Waals surface area (Å²) in [7, 11) is 1.95. The largest absolute Gasteiger partial charge is 0.377 e. The Hall–Kier alpha value is -0.810. The highest BCUT2D eigenvalue weighted by atomic mass is 79.9. The monoisotopic (exact) mass is 285 g/mol. The third kappa shape index (κ3) is 2.41. The van der Waals surface area contributed by atoms with Crippen LogP contribution in [-0.4, -0.2) is 9.78 Å². The summed E-state index contributed by atoms with van der Waals surface area (Å²) in [6.07, 6.45) is 1.86. The lowest BCUT2D eigenvalue weighted by Gasteiger charge is -2.03. The molecule has 2 aromatic heterocycles. The number of nitrogens with zero attached hydrogens (tertiary/aromatic N) is 2. The Bertz CT molecular complexity index is 461. The normalized spacial score (nSPS) is 10.6. The summed E-state index contributed by atoms with van der Waals surface area (Å²) in [6.45, 7) is 2.91. The zero-order valence-corrected chi connectivity index (χ0v) is 11.0. The van der Waals surface area contributed by atoms with Crippen LogP contribution in [0.5, 0.6) is 0 Å². The predicted octanol–water partition coefficient (Wildman–Crippen LogP) is 3.16. The Kier molecular flexibility index (Phi) is 3.11. The smallest absolute Gasteiger partial charge is 0.0759 e. The number of thiophene rings is 1. The van der Waals surface area contributed by atoms with Crippen LogP contribution in [0.2, 0.25) is 0 Å². The van der Waals surface area contributed by atoms with Gasteiger partial charge in [0.05, 0.1) is 17.6 Å². The van der Waals surface area contributed by atoms with Gasteiger partial charge in [0, 0.05) is 28.3 Å².